The topological polar surface area (TPSA) is 76.0 Å². The summed E-state index contributed by atoms with van der Waals surface area (Å²) in [6.45, 7) is 11.5. The van der Waals surface area contributed by atoms with Crippen LogP contribution in [0.3, 0.4) is 0 Å². The van der Waals surface area contributed by atoms with Crippen molar-refractivity contribution >= 4 is 7.60 Å². The lowest BCUT2D eigenvalue weighted by Gasteiger charge is -2.38. The number of aliphatic hydroxyl groups excluding tert-OH is 2. The van der Waals surface area contributed by atoms with Crippen LogP contribution in [-0.4, -0.2) is 105 Å². The lowest BCUT2D eigenvalue weighted by atomic mass is 10.3. The van der Waals surface area contributed by atoms with Crippen molar-refractivity contribution in [3.8, 4) is 0 Å². The van der Waals surface area contributed by atoms with E-state index in [9.17, 15) is 14.8 Å². The van der Waals surface area contributed by atoms with E-state index in [0.29, 0.717) is 30.7 Å². The molecule has 0 aromatic rings. The van der Waals surface area contributed by atoms with Crippen LogP contribution in [0, 0.1) is 0 Å². The first-order valence-electron chi connectivity index (χ1n) is 9.11. The van der Waals surface area contributed by atoms with Gasteiger partial charge in [0.05, 0.1) is 46.1 Å². The Morgan fingerprint density at radius 2 is 1.32 bits per heavy atom. The fraction of sp³-hybridized carbons (Fsp3) is 1.00. The van der Waals surface area contributed by atoms with Gasteiger partial charge in [-0.05, 0) is 27.7 Å². The molecule has 0 aromatic carbocycles. The molecule has 0 aromatic heterocycles. The van der Waals surface area contributed by atoms with E-state index in [1.54, 1.807) is 0 Å². The van der Waals surface area contributed by atoms with Gasteiger partial charge in [0.1, 0.15) is 39.4 Å². The average Bonchev–Trinajstić information content (AvgIpc) is 2.45. The third-order valence-corrected chi connectivity index (χ3v) is 7.18. The summed E-state index contributed by atoms with van der Waals surface area (Å²) in [4.78, 5) is 0. The summed E-state index contributed by atoms with van der Waals surface area (Å²) in [5.41, 5.74) is 0. The van der Waals surface area contributed by atoms with Crippen LogP contribution in [0.15, 0.2) is 0 Å². The Balaban J connectivity index is 4.90. The van der Waals surface area contributed by atoms with Gasteiger partial charge >= 0.3 is 7.60 Å². The summed E-state index contributed by atoms with van der Waals surface area (Å²) < 4.78 is 26.1. The molecule has 25 heavy (non-hydrogen) atoms. The zero-order valence-electron chi connectivity index (χ0n) is 17.3. The van der Waals surface area contributed by atoms with Gasteiger partial charge in [0, 0.05) is 0 Å². The largest absolute Gasteiger partial charge is 0.391 e. The molecule has 1 unspecified atom stereocenters. The number of hydrogen-bond acceptors (Lipinski definition) is 5. The van der Waals surface area contributed by atoms with Crippen LogP contribution in [-0.2, 0) is 13.6 Å². The molecule has 7 nitrogen and oxygen atoms in total. The summed E-state index contributed by atoms with van der Waals surface area (Å²) in [5.74, 6) is 0. The summed E-state index contributed by atoms with van der Waals surface area (Å²) in [6, 6.07) is 0. The van der Waals surface area contributed by atoms with Crippen LogP contribution in [0.25, 0.3) is 0 Å². The number of rotatable bonds is 13. The van der Waals surface area contributed by atoms with Gasteiger partial charge in [0.15, 0.2) is 0 Å². The predicted octanol–water partition coefficient (Wildman–Crippen LogP) is 1.54. The molecule has 0 spiro atoms. The van der Waals surface area contributed by atoms with Crippen LogP contribution in [0.1, 0.15) is 27.7 Å². The zero-order chi connectivity index (χ0) is 19.8. The molecule has 0 rings (SSSR count). The minimum Gasteiger partial charge on any atom is -0.391 e. The summed E-state index contributed by atoms with van der Waals surface area (Å²) in [6.07, 6.45) is 0. The highest BCUT2D eigenvalue weighted by Gasteiger charge is 2.40. The smallest absolute Gasteiger partial charge is 0.336 e. The Morgan fingerprint density at radius 1 is 0.880 bits per heavy atom. The van der Waals surface area contributed by atoms with Crippen molar-refractivity contribution in [3.05, 3.63) is 0 Å². The second-order valence-electron chi connectivity index (χ2n) is 8.62. The third kappa shape index (κ3) is 8.96. The fourth-order valence-electron chi connectivity index (χ4n) is 2.45. The summed E-state index contributed by atoms with van der Waals surface area (Å²) in [7, 11) is 2.91. The average molecular weight is 384 g/mol. The SMILES string of the molecule is CC[N+](CCO)(CCO)CCOP(=O)(OCC[N+](C)(C)C)C(C)(C)C. The molecule has 0 saturated carbocycles. The van der Waals surface area contributed by atoms with Gasteiger partial charge in [-0.25, -0.2) is 0 Å². The molecule has 0 saturated heterocycles. The van der Waals surface area contributed by atoms with Crippen molar-refractivity contribution < 1.29 is 32.8 Å². The summed E-state index contributed by atoms with van der Waals surface area (Å²) >= 11 is 0. The number of aliphatic hydroxyl groups is 2. The number of nitrogens with zero attached hydrogens (tertiary/aromatic N) is 2. The van der Waals surface area contributed by atoms with E-state index >= 15 is 0 Å². The lowest BCUT2D eigenvalue weighted by molar-refractivity contribution is -0.927. The first kappa shape index (κ1) is 25.0. The maximum atomic E-state index is 13.3. The van der Waals surface area contributed by atoms with Crippen molar-refractivity contribution in [2.24, 2.45) is 0 Å². The van der Waals surface area contributed by atoms with Crippen molar-refractivity contribution in [1.82, 2.24) is 0 Å². The third-order valence-electron chi connectivity index (χ3n) is 4.49. The molecule has 0 bridgehead atoms. The zero-order valence-corrected chi connectivity index (χ0v) is 18.2. The molecule has 0 radical (unpaired) electrons. The molecule has 0 aliphatic rings. The minimum atomic E-state index is -3.27. The van der Waals surface area contributed by atoms with Gasteiger partial charge in [0.25, 0.3) is 0 Å². The molecule has 8 heteroatoms. The normalized spacial score (nSPS) is 16.0. The Labute approximate surface area is 154 Å². The number of likely N-dealkylation sites (N-methyl/N-ethyl adjacent to an activating group) is 2. The van der Waals surface area contributed by atoms with E-state index in [1.165, 1.54) is 0 Å². The second kappa shape index (κ2) is 10.4. The summed E-state index contributed by atoms with van der Waals surface area (Å²) in [5, 5.41) is 18.0. The van der Waals surface area contributed by atoms with Crippen LogP contribution < -0.4 is 0 Å². The van der Waals surface area contributed by atoms with Gasteiger partial charge in [-0.2, -0.15) is 0 Å². The molecule has 0 amide bonds. The number of quaternary nitrogens is 2. The van der Waals surface area contributed by atoms with Crippen LogP contribution in [0.5, 0.6) is 0 Å². The number of hydrogen-bond donors (Lipinski definition) is 2. The standard InChI is InChI=1S/C17H41N2O5P/c1-8-19(9-13-20,10-14-21)12-16-24-25(22,17(2,3)4)23-15-11-18(5,6)7/h20-21H,8-16H2,1-7H3/q+2. The highest BCUT2D eigenvalue weighted by molar-refractivity contribution is 7.55. The predicted molar refractivity (Wildman–Crippen MR) is 102 cm³/mol. The van der Waals surface area contributed by atoms with E-state index in [4.69, 9.17) is 9.05 Å². The van der Waals surface area contributed by atoms with Gasteiger partial charge in [0.2, 0.25) is 0 Å². The molecule has 2 N–H and O–H groups in total. The molecular formula is C17H41N2O5P+2. The first-order chi connectivity index (χ1) is 11.3. The van der Waals surface area contributed by atoms with Gasteiger partial charge in [-0.1, -0.05) is 0 Å². The van der Waals surface area contributed by atoms with Gasteiger partial charge < -0.3 is 28.2 Å². The van der Waals surface area contributed by atoms with Gasteiger partial charge in [-0.15, -0.1) is 0 Å². The lowest BCUT2D eigenvalue weighted by Crippen LogP contribution is -2.53. The maximum Gasteiger partial charge on any atom is 0.336 e. The van der Waals surface area contributed by atoms with E-state index in [1.807, 2.05) is 27.7 Å². The first-order valence-corrected chi connectivity index (χ1v) is 10.7. The Morgan fingerprint density at radius 3 is 1.64 bits per heavy atom. The van der Waals surface area contributed by atoms with E-state index in [0.717, 1.165) is 17.6 Å². The monoisotopic (exact) mass is 384 g/mol. The van der Waals surface area contributed by atoms with Crippen LogP contribution >= 0.6 is 7.60 Å². The van der Waals surface area contributed by atoms with Crippen LogP contribution in [0.2, 0.25) is 0 Å². The van der Waals surface area contributed by atoms with E-state index < -0.39 is 12.8 Å². The Hall–Kier alpha value is -0.0100. The van der Waals surface area contributed by atoms with E-state index in [2.05, 4.69) is 21.1 Å². The highest BCUT2D eigenvalue weighted by atomic mass is 31.2. The molecule has 0 aliphatic heterocycles. The molecule has 152 valence electrons. The Kier molecular flexibility index (Phi) is 10.4. The molecule has 0 aliphatic carbocycles. The maximum absolute atomic E-state index is 13.3. The molecule has 1 atom stereocenters. The molecule has 0 fully saturated rings. The highest BCUT2D eigenvalue weighted by Crippen LogP contribution is 2.59. The minimum absolute atomic E-state index is 0.0464. The van der Waals surface area contributed by atoms with Crippen molar-refractivity contribution in [2.45, 2.75) is 32.9 Å². The van der Waals surface area contributed by atoms with Crippen molar-refractivity contribution in [3.63, 3.8) is 0 Å². The molecular weight excluding hydrogens is 343 g/mol. The fourth-order valence-corrected chi connectivity index (χ4v) is 3.94. The van der Waals surface area contributed by atoms with Crippen molar-refractivity contribution in [1.29, 1.82) is 0 Å². The van der Waals surface area contributed by atoms with E-state index in [-0.39, 0.29) is 19.8 Å². The molecule has 0 heterocycles. The quantitative estimate of drug-likeness (QED) is 0.372. The van der Waals surface area contributed by atoms with Crippen LogP contribution in [0.4, 0.5) is 0 Å². The van der Waals surface area contributed by atoms with Crippen molar-refractivity contribution in [2.75, 3.05) is 80.3 Å². The van der Waals surface area contributed by atoms with Gasteiger partial charge in [-0.3, -0.25) is 4.57 Å². The second-order valence-corrected chi connectivity index (χ2v) is 11.5. The Bertz CT molecular complexity index is 412.